The number of ether oxygens (including phenoxy) is 1. The summed E-state index contributed by atoms with van der Waals surface area (Å²) in [5.74, 6) is 0.530. The first kappa shape index (κ1) is 17.5. The number of rotatable bonds is 6. The van der Waals surface area contributed by atoms with Crippen LogP contribution in [0.5, 0.6) is 5.75 Å². The molecule has 0 fully saturated rings. The quantitative estimate of drug-likeness (QED) is 0.851. The van der Waals surface area contributed by atoms with E-state index in [2.05, 4.69) is 16.7 Å². The molecule has 2 aromatic rings. The summed E-state index contributed by atoms with van der Waals surface area (Å²) in [6.45, 7) is 5.79. The lowest BCUT2D eigenvalue weighted by molar-refractivity contribution is -0.116. The molecule has 5 nitrogen and oxygen atoms in total. The highest BCUT2D eigenvalue weighted by atomic mass is 16.5. The van der Waals surface area contributed by atoms with Gasteiger partial charge < -0.3 is 15.4 Å². The minimum atomic E-state index is -0.129. The summed E-state index contributed by atoms with van der Waals surface area (Å²) >= 11 is 0. The van der Waals surface area contributed by atoms with Crippen LogP contribution in [0.1, 0.15) is 24.5 Å². The number of aryl methyl sites for hydroxylation is 2. The zero-order valence-corrected chi connectivity index (χ0v) is 14.2. The third kappa shape index (κ3) is 5.76. The molecule has 0 unspecified atom stereocenters. The molecule has 2 aromatic carbocycles. The first-order valence-corrected chi connectivity index (χ1v) is 7.81. The maximum atomic E-state index is 11.9. The molecule has 0 heterocycles. The Bertz CT molecular complexity index is 704. The SMILES string of the molecule is CC(=O)Nc1ccc(NC(=O)CCOc2cc(C)cc(C)c2)cc1. The van der Waals surface area contributed by atoms with Crippen molar-refractivity contribution in [3.8, 4) is 5.75 Å². The van der Waals surface area contributed by atoms with Crippen LogP contribution in [0.3, 0.4) is 0 Å². The number of carbonyl (C=O) groups excluding carboxylic acids is 2. The largest absolute Gasteiger partial charge is 0.493 e. The van der Waals surface area contributed by atoms with Crippen molar-refractivity contribution >= 4 is 23.2 Å². The molecule has 0 aliphatic rings. The Morgan fingerprint density at radius 3 is 2.00 bits per heavy atom. The van der Waals surface area contributed by atoms with Crippen LogP contribution in [0.15, 0.2) is 42.5 Å². The summed E-state index contributed by atoms with van der Waals surface area (Å²) < 4.78 is 5.63. The Morgan fingerprint density at radius 1 is 0.917 bits per heavy atom. The van der Waals surface area contributed by atoms with E-state index in [1.165, 1.54) is 6.92 Å². The van der Waals surface area contributed by atoms with Gasteiger partial charge in [-0.3, -0.25) is 9.59 Å². The molecule has 0 saturated carbocycles. The molecule has 0 aliphatic heterocycles. The molecule has 0 saturated heterocycles. The zero-order valence-electron chi connectivity index (χ0n) is 14.2. The lowest BCUT2D eigenvalue weighted by atomic mass is 10.1. The van der Waals surface area contributed by atoms with Crippen LogP contribution in [0.25, 0.3) is 0 Å². The minimum Gasteiger partial charge on any atom is -0.493 e. The van der Waals surface area contributed by atoms with Gasteiger partial charge in [-0.15, -0.1) is 0 Å². The Morgan fingerprint density at radius 2 is 1.46 bits per heavy atom. The Labute approximate surface area is 142 Å². The van der Waals surface area contributed by atoms with Gasteiger partial charge in [0.25, 0.3) is 0 Å². The monoisotopic (exact) mass is 326 g/mol. The maximum Gasteiger partial charge on any atom is 0.227 e. The average molecular weight is 326 g/mol. The van der Waals surface area contributed by atoms with Gasteiger partial charge in [-0.1, -0.05) is 6.07 Å². The van der Waals surface area contributed by atoms with Gasteiger partial charge in [-0.25, -0.2) is 0 Å². The number of nitrogens with one attached hydrogen (secondary N) is 2. The van der Waals surface area contributed by atoms with Crippen molar-refractivity contribution in [3.05, 3.63) is 53.6 Å². The highest BCUT2D eigenvalue weighted by molar-refractivity contribution is 5.92. The molecular formula is C19H22N2O3. The van der Waals surface area contributed by atoms with Crippen molar-refractivity contribution < 1.29 is 14.3 Å². The molecular weight excluding hydrogens is 304 g/mol. The van der Waals surface area contributed by atoms with Crippen molar-refractivity contribution in [2.24, 2.45) is 0 Å². The first-order chi connectivity index (χ1) is 11.4. The van der Waals surface area contributed by atoms with Crippen LogP contribution in [-0.4, -0.2) is 18.4 Å². The van der Waals surface area contributed by atoms with E-state index >= 15 is 0 Å². The van der Waals surface area contributed by atoms with E-state index < -0.39 is 0 Å². The highest BCUT2D eigenvalue weighted by Gasteiger charge is 2.04. The molecule has 2 rings (SSSR count). The van der Waals surface area contributed by atoms with Gasteiger partial charge in [-0.05, 0) is 61.4 Å². The van der Waals surface area contributed by atoms with Crippen molar-refractivity contribution in [2.75, 3.05) is 17.2 Å². The molecule has 2 N–H and O–H groups in total. The molecule has 0 spiro atoms. The van der Waals surface area contributed by atoms with Crippen molar-refractivity contribution in [3.63, 3.8) is 0 Å². The van der Waals surface area contributed by atoms with E-state index in [0.29, 0.717) is 18.0 Å². The van der Waals surface area contributed by atoms with Crippen LogP contribution >= 0.6 is 0 Å². The summed E-state index contributed by atoms with van der Waals surface area (Å²) in [4.78, 5) is 22.9. The van der Waals surface area contributed by atoms with E-state index in [9.17, 15) is 9.59 Å². The molecule has 5 heteroatoms. The molecule has 126 valence electrons. The minimum absolute atomic E-state index is 0.119. The summed E-state index contributed by atoms with van der Waals surface area (Å²) in [6.07, 6.45) is 0.264. The smallest absolute Gasteiger partial charge is 0.227 e. The summed E-state index contributed by atoms with van der Waals surface area (Å²) in [5, 5.41) is 5.48. The summed E-state index contributed by atoms with van der Waals surface area (Å²) in [5.41, 5.74) is 3.64. The van der Waals surface area contributed by atoms with Gasteiger partial charge >= 0.3 is 0 Å². The van der Waals surface area contributed by atoms with Gasteiger partial charge in [-0.2, -0.15) is 0 Å². The molecule has 2 amide bonds. The van der Waals surface area contributed by atoms with E-state index in [1.54, 1.807) is 24.3 Å². The number of hydrogen-bond acceptors (Lipinski definition) is 3. The van der Waals surface area contributed by atoms with E-state index in [0.717, 1.165) is 16.9 Å². The third-order valence-electron chi connectivity index (χ3n) is 3.28. The fraction of sp³-hybridized carbons (Fsp3) is 0.263. The second kappa shape index (κ2) is 8.15. The van der Waals surface area contributed by atoms with Gasteiger partial charge in [0.15, 0.2) is 0 Å². The second-order valence-corrected chi connectivity index (χ2v) is 5.73. The van der Waals surface area contributed by atoms with E-state index in [-0.39, 0.29) is 18.2 Å². The summed E-state index contributed by atoms with van der Waals surface area (Å²) in [7, 11) is 0. The first-order valence-electron chi connectivity index (χ1n) is 7.81. The zero-order chi connectivity index (χ0) is 17.5. The van der Waals surface area contributed by atoms with Crippen molar-refractivity contribution in [1.29, 1.82) is 0 Å². The molecule has 24 heavy (non-hydrogen) atoms. The maximum absolute atomic E-state index is 11.9. The molecule has 0 aliphatic carbocycles. The van der Waals surface area contributed by atoms with Crippen LogP contribution < -0.4 is 15.4 Å². The number of hydrogen-bond donors (Lipinski definition) is 2. The molecule has 0 radical (unpaired) electrons. The molecule has 0 bridgehead atoms. The van der Waals surface area contributed by atoms with Gasteiger partial charge in [0.05, 0.1) is 13.0 Å². The normalized spacial score (nSPS) is 10.1. The predicted molar refractivity (Wildman–Crippen MR) is 95.4 cm³/mol. The fourth-order valence-electron chi connectivity index (χ4n) is 2.34. The molecule has 0 atom stereocenters. The lowest BCUT2D eigenvalue weighted by Gasteiger charge is -2.09. The molecule has 0 aromatic heterocycles. The Hall–Kier alpha value is -2.82. The standard InChI is InChI=1S/C19H22N2O3/c1-13-10-14(2)12-18(11-13)24-9-8-19(23)21-17-6-4-16(5-7-17)20-15(3)22/h4-7,10-12H,8-9H2,1-3H3,(H,20,22)(H,21,23). The van der Waals surface area contributed by atoms with Crippen LogP contribution in [0, 0.1) is 13.8 Å². The van der Waals surface area contributed by atoms with Gasteiger partial charge in [0, 0.05) is 18.3 Å². The summed E-state index contributed by atoms with van der Waals surface area (Å²) in [6, 6.07) is 12.9. The third-order valence-corrected chi connectivity index (χ3v) is 3.28. The van der Waals surface area contributed by atoms with Gasteiger partial charge in [0.2, 0.25) is 11.8 Å². The highest BCUT2D eigenvalue weighted by Crippen LogP contribution is 2.17. The Kier molecular flexibility index (Phi) is 5.95. The topological polar surface area (TPSA) is 67.4 Å². The van der Waals surface area contributed by atoms with Crippen LogP contribution in [0.2, 0.25) is 0 Å². The second-order valence-electron chi connectivity index (χ2n) is 5.73. The number of benzene rings is 2. The van der Waals surface area contributed by atoms with Crippen LogP contribution in [0.4, 0.5) is 11.4 Å². The number of anilines is 2. The van der Waals surface area contributed by atoms with Crippen LogP contribution in [-0.2, 0) is 9.59 Å². The Balaban J connectivity index is 1.79. The van der Waals surface area contributed by atoms with E-state index in [1.807, 2.05) is 26.0 Å². The predicted octanol–water partition coefficient (Wildman–Crippen LogP) is 3.67. The number of amides is 2. The van der Waals surface area contributed by atoms with Crippen molar-refractivity contribution in [1.82, 2.24) is 0 Å². The van der Waals surface area contributed by atoms with Crippen molar-refractivity contribution in [2.45, 2.75) is 27.2 Å². The van der Waals surface area contributed by atoms with Gasteiger partial charge in [0.1, 0.15) is 5.75 Å². The van der Waals surface area contributed by atoms with E-state index in [4.69, 9.17) is 4.74 Å². The number of carbonyl (C=O) groups is 2. The lowest BCUT2D eigenvalue weighted by Crippen LogP contribution is -2.15. The fourth-order valence-corrected chi connectivity index (χ4v) is 2.34. The average Bonchev–Trinajstić information content (AvgIpc) is 2.48.